The Morgan fingerprint density at radius 2 is 1.77 bits per heavy atom. The van der Waals surface area contributed by atoms with Crippen molar-refractivity contribution in [1.29, 1.82) is 0 Å². The first-order valence-corrected chi connectivity index (χ1v) is 13.7. The van der Waals surface area contributed by atoms with E-state index >= 15 is 0 Å². The van der Waals surface area contributed by atoms with E-state index in [0.717, 1.165) is 77.1 Å². The first-order valence-electron chi connectivity index (χ1n) is 13.7. The van der Waals surface area contributed by atoms with Gasteiger partial charge >= 0.3 is 6.03 Å². The molecule has 2 fully saturated rings. The number of piperidine rings is 1. The zero-order valence-corrected chi connectivity index (χ0v) is 21.9. The number of morpholine rings is 1. The highest BCUT2D eigenvalue weighted by molar-refractivity contribution is 5.92. The first-order chi connectivity index (χ1) is 16.9. The Bertz CT molecular complexity index is 860. The third-order valence-corrected chi connectivity index (χ3v) is 7.89. The summed E-state index contributed by atoms with van der Waals surface area (Å²) < 4.78 is 5.40. The number of nitrogens with zero attached hydrogens (tertiary/aromatic N) is 3. The zero-order valence-electron chi connectivity index (χ0n) is 21.9. The maximum absolute atomic E-state index is 12.8. The number of urea groups is 1. The number of benzene rings is 1. The Balaban J connectivity index is 1.32. The van der Waals surface area contributed by atoms with Gasteiger partial charge in [0.05, 0.1) is 13.2 Å². The number of hydrogen-bond acceptors (Lipinski definition) is 4. The molecule has 1 N–H and O–H groups in total. The summed E-state index contributed by atoms with van der Waals surface area (Å²) in [6.07, 6.45) is 6.68. The third kappa shape index (κ3) is 6.76. The van der Waals surface area contributed by atoms with Gasteiger partial charge in [-0.3, -0.25) is 9.69 Å². The van der Waals surface area contributed by atoms with Gasteiger partial charge in [0.2, 0.25) is 5.91 Å². The number of carbonyl (C=O) groups excluding carboxylic acids is 2. The molecule has 35 heavy (non-hydrogen) atoms. The molecule has 1 atom stereocenters. The van der Waals surface area contributed by atoms with E-state index in [1.807, 2.05) is 18.7 Å². The van der Waals surface area contributed by atoms with Crippen molar-refractivity contribution < 1.29 is 14.3 Å². The lowest BCUT2D eigenvalue weighted by molar-refractivity contribution is -0.118. The second-order valence-corrected chi connectivity index (χ2v) is 10.8. The molecule has 7 nitrogen and oxygen atoms in total. The fourth-order valence-electron chi connectivity index (χ4n) is 5.72. The predicted molar refractivity (Wildman–Crippen MR) is 140 cm³/mol. The summed E-state index contributed by atoms with van der Waals surface area (Å²) in [5.74, 6) is 0.700. The summed E-state index contributed by atoms with van der Waals surface area (Å²) in [6.45, 7) is 12.9. The van der Waals surface area contributed by atoms with Gasteiger partial charge in [-0.2, -0.15) is 0 Å². The van der Waals surface area contributed by atoms with Crippen molar-refractivity contribution in [2.45, 2.75) is 65.3 Å². The number of fused-ring (bicyclic) bond motifs is 1. The van der Waals surface area contributed by atoms with Gasteiger partial charge in [0.15, 0.2) is 0 Å². The molecule has 0 spiro atoms. The van der Waals surface area contributed by atoms with Crippen LogP contribution < -0.4 is 5.32 Å². The summed E-state index contributed by atoms with van der Waals surface area (Å²) in [6, 6.07) is 7.19. The average Bonchev–Trinajstić information content (AvgIpc) is 2.88. The molecule has 1 aromatic carbocycles. The van der Waals surface area contributed by atoms with Crippen LogP contribution in [0, 0.1) is 11.8 Å². The minimum Gasteiger partial charge on any atom is -0.378 e. The van der Waals surface area contributed by atoms with Gasteiger partial charge in [-0.1, -0.05) is 26.8 Å². The zero-order chi connectivity index (χ0) is 24.8. The highest BCUT2D eigenvalue weighted by Gasteiger charge is 2.30. The number of anilines is 1. The van der Waals surface area contributed by atoms with E-state index in [0.29, 0.717) is 25.2 Å². The number of rotatable bonds is 7. The number of nitrogens with one attached hydrogen (secondary N) is 1. The molecule has 1 aromatic rings. The summed E-state index contributed by atoms with van der Waals surface area (Å²) in [5.41, 5.74) is 3.73. The van der Waals surface area contributed by atoms with Crippen LogP contribution >= 0.6 is 0 Å². The lowest BCUT2D eigenvalue weighted by Crippen LogP contribution is -2.51. The Hall–Kier alpha value is -2.12. The average molecular weight is 485 g/mol. The fourth-order valence-corrected chi connectivity index (χ4v) is 5.72. The van der Waals surface area contributed by atoms with Crippen LogP contribution in [-0.2, 0) is 22.4 Å². The largest absolute Gasteiger partial charge is 0.378 e. The van der Waals surface area contributed by atoms with Crippen molar-refractivity contribution in [3.63, 3.8) is 0 Å². The van der Waals surface area contributed by atoms with Crippen LogP contribution in [0.2, 0.25) is 0 Å². The molecular formula is C28H44N4O3. The number of amides is 3. The molecule has 0 aromatic heterocycles. The second-order valence-electron chi connectivity index (χ2n) is 10.8. The van der Waals surface area contributed by atoms with Crippen LogP contribution in [0.3, 0.4) is 0 Å². The molecule has 194 valence electrons. The number of hydrogen-bond donors (Lipinski definition) is 1. The number of likely N-dealkylation sites (tertiary alicyclic amines) is 1. The van der Waals surface area contributed by atoms with Crippen molar-refractivity contribution >= 4 is 17.6 Å². The second kappa shape index (κ2) is 12.2. The molecule has 4 rings (SSSR count). The summed E-state index contributed by atoms with van der Waals surface area (Å²) in [7, 11) is 0. The van der Waals surface area contributed by atoms with E-state index in [4.69, 9.17) is 4.74 Å². The molecule has 0 saturated carbocycles. The molecule has 2 saturated heterocycles. The van der Waals surface area contributed by atoms with Crippen molar-refractivity contribution in [1.82, 2.24) is 14.7 Å². The summed E-state index contributed by atoms with van der Waals surface area (Å²) in [5, 5.41) is 3.07. The molecular weight excluding hydrogens is 440 g/mol. The molecule has 0 radical (unpaired) electrons. The predicted octanol–water partition coefficient (Wildman–Crippen LogP) is 4.01. The highest BCUT2D eigenvalue weighted by atomic mass is 16.5. The maximum Gasteiger partial charge on any atom is 0.320 e. The normalized spacial score (nSPS) is 21.3. The van der Waals surface area contributed by atoms with Gasteiger partial charge in [0.25, 0.3) is 0 Å². The van der Waals surface area contributed by atoms with Crippen molar-refractivity contribution in [2.24, 2.45) is 11.8 Å². The van der Waals surface area contributed by atoms with Crippen LogP contribution in [0.4, 0.5) is 10.5 Å². The summed E-state index contributed by atoms with van der Waals surface area (Å²) >= 11 is 0. The van der Waals surface area contributed by atoms with Gasteiger partial charge in [-0.15, -0.1) is 0 Å². The monoisotopic (exact) mass is 484 g/mol. The summed E-state index contributed by atoms with van der Waals surface area (Å²) in [4.78, 5) is 31.7. The SMILES string of the molecule is CCCN(CC1CCN(C(=O)N2CCOCC2)CC1)C1CCc2ccc(NC(=O)C(C)C)cc2C1. The molecule has 1 unspecified atom stereocenters. The van der Waals surface area contributed by atoms with Gasteiger partial charge in [-0.05, 0) is 74.2 Å². The van der Waals surface area contributed by atoms with E-state index in [-0.39, 0.29) is 17.9 Å². The molecule has 0 bridgehead atoms. The van der Waals surface area contributed by atoms with E-state index in [9.17, 15) is 9.59 Å². The molecule has 1 aliphatic carbocycles. The van der Waals surface area contributed by atoms with Gasteiger partial charge < -0.3 is 19.9 Å². The molecule has 3 aliphatic rings. The maximum atomic E-state index is 12.8. The Morgan fingerprint density at radius 3 is 2.46 bits per heavy atom. The van der Waals surface area contributed by atoms with Crippen LogP contribution in [0.15, 0.2) is 18.2 Å². The van der Waals surface area contributed by atoms with Crippen molar-refractivity contribution in [2.75, 3.05) is 57.8 Å². The van der Waals surface area contributed by atoms with Crippen molar-refractivity contribution in [3.8, 4) is 0 Å². The van der Waals surface area contributed by atoms with Gasteiger partial charge in [0.1, 0.15) is 0 Å². The molecule has 3 amide bonds. The lowest BCUT2D eigenvalue weighted by Gasteiger charge is -2.41. The van der Waals surface area contributed by atoms with E-state index in [1.54, 1.807) is 0 Å². The Kier molecular flexibility index (Phi) is 9.06. The quantitative estimate of drug-likeness (QED) is 0.635. The third-order valence-electron chi connectivity index (χ3n) is 7.89. The topological polar surface area (TPSA) is 65.1 Å². The number of aryl methyl sites for hydroxylation is 1. The Morgan fingerprint density at radius 1 is 1.06 bits per heavy atom. The van der Waals surface area contributed by atoms with E-state index < -0.39 is 0 Å². The van der Waals surface area contributed by atoms with Crippen LogP contribution in [-0.4, -0.2) is 85.2 Å². The van der Waals surface area contributed by atoms with Gasteiger partial charge in [0, 0.05) is 50.4 Å². The highest BCUT2D eigenvalue weighted by Crippen LogP contribution is 2.29. The fraction of sp³-hybridized carbons (Fsp3) is 0.714. The minimum absolute atomic E-state index is 0.0191. The lowest BCUT2D eigenvalue weighted by atomic mass is 9.86. The number of carbonyl (C=O) groups is 2. The van der Waals surface area contributed by atoms with E-state index in [2.05, 4.69) is 40.2 Å². The van der Waals surface area contributed by atoms with Gasteiger partial charge in [-0.25, -0.2) is 4.79 Å². The van der Waals surface area contributed by atoms with Crippen molar-refractivity contribution in [3.05, 3.63) is 29.3 Å². The minimum atomic E-state index is -0.0191. The molecule has 2 aliphatic heterocycles. The molecule has 2 heterocycles. The van der Waals surface area contributed by atoms with Crippen LogP contribution in [0.25, 0.3) is 0 Å². The molecule has 7 heteroatoms. The smallest absolute Gasteiger partial charge is 0.320 e. The Labute approximate surface area is 211 Å². The van der Waals surface area contributed by atoms with Crippen LogP contribution in [0.5, 0.6) is 0 Å². The first kappa shape index (κ1) is 26.0. The van der Waals surface area contributed by atoms with E-state index in [1.165, 1.54) is 17.5 Å². The van der Waals surface area contributed by atoms with Crippen LogP contribution in [0.1, 0.15) is 57.6 Å². The standard InChI is InChI=1S/C28H44N4O3/c1-4-11-32(20-22-9-12-30(13-10-22)28(34)31-14-16-35-17-15-31)26-8-6-23-5-7-25(18-24(23)19-26)29-27(33)21(2)3/h5,7,18,21-22,26H,4,6,8-17,19-20H2,1-3H3,(H,29,33). The number of ether oxygens (including phenoxy) is 1.